The summed E-state index contributed by atoms with van der Waals surface area (Å²) in [6.45, 7) is 0.535. The molecule has 0 spiro atoms. The average Bonchev–Trinajstić information content (AvgIpc) is 2.96. The highest BCUT2D eigenvalue weighted by molar-refractivity contribution is 8.13. The van der Waals surface area contributed by atoms with Gasteiger partial charge in [-0.3, -0.25) is 29.8 Å². The number of pyridine rings is 1. The Labute approximate surface area is 249 Å². The van der Waals surface area contributed by atoms with E-state index in [4.69, 9.17) is 16.3 Å². The number of oxime groups is 1. The molecule has 0 saturated heterocycles. The van der Waals surface area contributed by atoms with E-state index in [2.05, 4.69) is 10.5 Å². The third-order valence-corrected chi connectivity index (χ3v) is 9.93. The van der Waals surface area contributed by atoms with E-state index in [0.717, 1.165) is 59.2 Å². The van der Waals surface area contributed by atoms with Crippen molar-refractivity contribution in [2.75, 3.05) is 16.9 Å². The van der Waals surface area contributed by atoms with E-state index in [9.17, 15) is 47.0 Å². The van der Waals surface area contributed by atoms with Crippen LogP contribution in [-0.2, 0) is 40.8 Å². The maximum Gasteiger partial charge on any atom is 0.363 e. The Morgan fingerprint density at radius 1 is 1.05 bits per heavy atom. The van der Waals surface area contributed by atoms with Gasteiger partial charge in [0.25, 0.3) is 16.9 Å². The van der Waals surface area contributed by atoms with Crippen LogP contribution >= 0.6 is 0 Å². The van der Waals surface area contributed by atoms with Crippen LogP contribution in [0.15, 0.2) is 80.4 Å². The van der Waals surface area contributed by atoms with Crippen molar-refractivity contribution in [3.63, 3.8) is 0 Å². The summed E-state index contributed by atoms with van der Waals surface area (Å²) in [5.74, 6) is -1.08. The third kappa shape index (κ3) is 7.32. The number of nitro benzene ring substituents is 2. The first-order valence-corrected chi connectivity index (χ1v) is 15.0. The molecule has 0 radical (unpaired) electrons. The minimum atomic E-state index is -5.15. The van der Waals surface area contributed by atoms with Crippen molar-refractivity contribution in [1.29, 1.82) is 0 Å². The number of non-ortho nitro benzene ring substituents is 2. The van der Waals surface area contributed by atoms with Gasteiger partial charge in [0.05, 0.1) is 21.3 Å². The maximum atomic E-state index is 13.9. The summed E-state index contributed by atoms with van der Waals surface area (Å²) in [5.41, 5.74) is 7.40. The fourth-order valence-electron chi connectivity index (χ4n) is 3.62. The molecule has 1 amide bonds. The van der Waals surface area contributed by atoms with E-state index >= 15 is 0 Å². The highest BCUT2D eigenvalue weighted by Gasteiger charge is 2.50. The average molecular weight is 654 g/mol. The molecule has 3 aromatic rings. The first kappa shape index (κ1) is 33.1. The molecule has 2 aromatic carbocycles. The zero-order valence-corrected chi connectivity index (χ0v) is 24.3. The molecule has 0 saturated carbocycles. The summed E-state index contributed by atoms with van der Waals surface area (Å²) in [6.07, 6.45) is 0. The second kappa shape index (κ2) is 13.3. The highest BCUT2D eigenvalue weighted by atomic mass is 32.3. The summed E-state index contributed by atoms with van der Waals surface area (Å²) in [5, 5.41) is 27.9. The van der Waals surface area contributed by atoms with Gasteiger partial charge in [0.15, 0.2) is 5.69 Å². The fourth-order valence-corrected chi connectivity index (χ4v) is 7.36. The number of nitro groups is 2. The second-order valence-electron chi connectivity index (χ2n) is 8.68. The minimum absolute atomic E-state index is 0.0818. The van der Waals surface area contributed by atoms with Gasteiger partial charge < -0.3 is 26.2 Å². The van der Waals surface area contributed by atoms with Crippen molar-refractivity contribution in [3.05, 3.63) is 96.9 Å². The molecule has 0 fully saturated rings. The van der Waals surface area contributed by atoms with Crippen LogP contribution in [0.4, 0.5) is 17.1 Å². The highest BCUT2D eigenvalue weighted by Crippen LogP contribution is 2.33. The van der Waals surface area contributed by atoms with Crippen molar-refractivity contribution in [2.24, 2.45) is 16.6 Å². The molecule has 44 heavy (non-hydrogen) atoms. The van der Waals surface area contributed by atoms with Gasteiger partial charge in [-0.25, -0.2) is 0 Å². The van der Waals surface area contributed by atoms with Gasteiger partial charge in [-0.15, -0.1) is 0 Å². The van der Waals surface area contributed by atoms with Gasteiger partial charge in [0, 0.05) is 42.1 Å². The van der Waals surface area contributed by atoms with Crippen LogP contribution in [0.5, 0.6) is 0 Å². The van der Waals surface area contributed by atoms with E-state index in [1.165, 1.54) is 13.0 Å². The number of nitrogens with two attached hydrogens (primary N) is 2. The first-order chi connectivity index (χ1) is 20.6. The van der Waals surface area contributed by atoms with E-state index < -0.39 is 75.1 Å². The molecule has 21 heteroatoms. The molecule has 0 aliphatic carbocycles. The lowest BCUT2D eigenvalue weighted by Crippen LogP contribution is -2.45. The van der Waals surface area contributed by atoms with Crippen LogP contribution in [0, 0.1) is 27.2 Å². The quantitative estimate of drug-likeness (QED) is 0.0487. The predicted molar refractivity (Wildman–Crippen MR) is 155 cm³/mol. The van der Waals surface area contributed by atoms with E-state index in [1.807, 2.05) is 0 Å². The number of rotatable bonds is 13. The lowest BCUT2D eigenvalue weighted by molar-refractivity contribution is -0.385. The van der Waals surface area contributed by atoms with Gasteiger partial charge >= 0.3 is 20.4 Å². The number of amides is 1. The van der Waals surface area contributed by atoms with Crippen molar-refractivity contribution in [2.45, 2.75) is 23.3 Å². The Morgan fingerprint density at radius 3 is 2.11 bits per heavy atom. The number of aryl methyl sites for hydroxylation is 1. The van der Waals surface area contributed by atoms with Gasteiger partial charge in [0.1, 0.15) is 13.2 Å². The number of anilines is 1. The van der Waals surface area contributed by atoms with Crippen molar-refractivity contribution >= 4 is 49.4 Å². The number of nitrogens with zero attached hydrogens (tertiary/aromatic N) is 5. The van der Waals surface area contributed by atoms with Crippen molar-refractivity contribution < 1.29 is 36.7 Å². The maximum absolute atomic E-state index is 13.9. The number of hydrogen-bond donors (Lipinski definition) is 4. The number of carbonyl (C=O) groups excluding carboxylic acids is 1. The number of guanidine groups is 1. The number of nitrogens with one attached hydrogen (secondary N) is 1. The lowest BCUT2D eigenvalue weighted by Gasteiger charge is -2.22. The standard InChI is InChI=1S/C23H24N8O11S2/c1-15-2-11-20(22(33)28(15)14-21(32)26-12-13-42-27-23(24)25)31(43(38,39)18-7-3-16(4-8-18)29(34)35)44(40,41)19-9-5-17(6-10-19)30(36)37/h2-11H,12-14H2,1H3,(H5-,24,25,26,27,32,38,39)/p+1. The van der Waals surface area contributed by atoms with Crippen molar-refractivity contribution in [1.82, 2.24) is 9.88 Å². The van der Waals surface area contributed by atoms with Crippen LogP contribution in [0.25, 0.3) is 0 Å². The molecule has 6 N–H and O–H groups in total. The predicted octanol–water partition coefficient (Wildman–Crippen LogP) is 0.436. The van der Waals surface area contributed by atoms with Gasteiger partial charge in [0.2, 0.25) is 16.8 Å². The molecule has 1 unspecified atom stereocenters. The van der Waals surface area contributed by atoms with Crippen LogP contribution in [0.3, 0.4) is 0 Å². The Morgan fingerprint density at radius 2 is 1.59 bits per heavy atom. The molecule has 0 aliphatic rings. The summed E-state index contributed by atoms with van der Waals surface area (Å²) >= 11 is 0. The molecule has 1 heterocycles. The fraction of sp³-hybridized carbons (Fsp3) is 0.174. The zero-order valence-electron chi connectivity index (χ0n) is 22.6. The summed E-state index contributed by atoms with van der Waals surface area (Å²) in [4.78, 5) is 50.2. The van der Waals surface area contributed by atoms with Crippen LogP contribution in [0.2, 0.25) is 0 Å². The Kier molecular flexibility index (Phi) is 9.98. The van der Waals surface area contributed by atoms with Crippen molar-refractivity contribution in [3.8, 4) is 0 Å². The second-order valence-corrected chi connectivity index (χ2v) is 12.5. The van der Waals surface area contributed by atoms with Crippen LogP contribution in [0.1, 0.15) is 5.69 Å². The number of aromatic nitrogens is 1. The largest absolute Gasteiger partial charge is 0.391 e. The number of hydrogen-bond acceptors (Lipinski definition) is 11. The third-order valence-electron chi connectivity index (χ3n) is 5.70. The van der Waals surface area contributed by atoms with Gasteiger partial charge in [-0.05, 0) is 44.3 Å². The normalized spacial score (nSPS) is 12.4. The molecular weight excluding hydrogens is 628 g/mol. The van der Waals surface area contributed by atoms with Crippen LogP contribution < -0.4 is 26.1 Å². The SMILES string of the molecule is Cc1ccc(N(S(=O)(=O)c2ccc([N+](=O)[O-])cc2)[S+](=O)(O)c2ccc([N+](=O)[O-])cc2)c(=O)n1CC(=O)NCCON=C(N)N. The Hall–Kier alpha value is -5.41. The molecule has 19 nitrogen and oxygen atoms in total. The first-order valence-electron chi connectivity index (χ1n) is 12.1. The number of benzene rings is 2. The summed E-state index contributed by atoms with van der Waals surface area (Å²) < 4.78 is 53.7. The molecule has 1 atom stereocenters. The zero-order chi connectivity index (χ0) is 32.8. The summed E-state index contributed by atoms with van der Waals surface area (Å²) in [6, 6.07) is 8.83. The van der Waals surface area contributed by atoms with Gasteiger partial charge in [-0.2, -0.15) is 13.0 Å². The molecule has 234 valence electrons. The Bertz CT molecular complexity index is 1820. The van der Waals surface area contributed by atoms with Crippen LogP contribution in [-0.4, -0.2) is 52.4 Å². The lowest BCUT2D eigenvalue weighted by atomic mass is 10.3. The summed E-state index contributed by atoms with van der Waals surface area (Å²) in [7, 11) is -10.1. The molecule has 0 aliphatic heterocycles. The monoisotopic (exact) mass is 653 g/mol. The molecule has 0 bridgehead atoms. The minimum Gasteiger partial charge on any atom is -0.391 e. The molecular formula is C23H25N8O11S2+. The molecule has 3 rings (SSSR count). The molecule has 1 aromatic heterocycles. The van der Waals surface area contributed by atoms with Gasteiger partial charge in [-0.1, -0.05) is 0 Å². The number of sulfonamides is 1. The van der Waals surface area contributed by atoms with E-state index in [1.54, 1.807) is 0 Å². The Balaban J connectivity index is 2.13. The van der Waals surface area contributed by atoms with E-state index in [0.29, 0.717) is 0 Å². The number of carbonyl (C=O) groups is 1. The smallest absolute Gasteiger partial charge is 0.363 e. The topological polar surface area (TPSA) is 286 Å². The van der Waals surface area contributed by atoms with E-state index in [-0.39, 0.29) is 28.5 Å².